The van der Waals surface area contributed by atoms with E-state index in [1.165, 1.54) is 0 Å². The molecule has 0 bridgehead atoms. The fourth-order valence-electron chi connectivity index (χ4n) is 2.58. The Kier molecular flexibility index (Phi) is 6.19. The largest absolute Gasteiger partial charge is 0.490 e. The van der Waals surface area contributed by atoms with E-state index in [0.717, 1.165) is 47.9 Å². The highest BCUT2D eigenvalue weighted by atomic mass is 35.5. The minimum Gasteiger partial charge on any atom is -0.490 e. The van der Waals surface area contributed by atoms with E-state index in [4.69, 9.17) is 21.1 Å². The first kappa shape index (κ1) is 16.4. The van der Waals surface area contributed by atoms with E-state index in [0.29, 0.717) is 19.1 Å². The van der Waals surface area contributed by atoms with Gasteiger partial charge in [0.1, 0.15) is 0 Å². The Morgan fingerprint density at radius 3 is 2.48 bits per heavy atom. The van der Waals surface area contributed by atoms with E-state index in [-0.39, 0.29) is 6.04 Å². The summed E-state index contributed by atoms with van der Waals surface area (Å²) >= 11 is 6.50. The lowest BCUT2D eigenvalue weighted by atomic mass is 9.96. The van der Waals surface area contributed by atoms with E-state index in [2.05, 4.69) is 32.2 Å². The maximum Gasteiger partial charge on any atom is 0.162 e. The Bertz CT molecular complexity index is 462. The van der Waals surface area contributed by atoms with Gasteiger partial charge in [-0.15, -0.1) is 0 Å². The summed E-state index contributed by atoms with van der Waals surface area (Å²) in [6.07, 6.45) is 3.07. The van der Waals surface area contributed by atoms with Crippen molar-refractivity contribution in [3.8, 4) is 11.5 Å². The van der Waals surface area contributed by atoms with Gasteiger partial charge in [0.25, 0.3) is 0 Å². The van der Waals surface area contributed by atoms with Crippen LogP contribution in [-0.4, -0.2) is 19.8 Å². The molecule has 2 rings (SSSR count). The molecule has 3 nitrogen and oxygen atoms in total. The second-order valence-electron chi connectivity index (χ2n) is 6.01. The van der Waals surface area contributed by atoms with Gasteiger partial charge in [0, 0.05) is 23.6 Å². The van der Waals surface area contributed by atoms with E-state index in [1.807, 2.05) is 6.07 Å². The normalized spacial score (nSPS) is 15.9. The molecule has 1 heterocycles. The summed E-state index contributed by atoms with van der Waals surface area (Å²) in [7, 11) is 0. The van der Waals surface area contributed by atoms with Crippen LogP contribution in [0.4, 0.5) is 0 Å². The quantitative estimate of drug-likeness (QED) is 0.833. The third kappa shape index (κ3) is 4.52. The molecule has 0 amide bonds. The lowest BCUT2D eigenvalue weighted by molar-refractivity contribution is 0.297. The molecule has 0 radical (unpaired) electrons. The molecule has 21 heavy (non-hydrogen) atoms. The van der Waals surface area contributed by atoms with E-state index >= 15 is 0 Å². The zero-order valence-corrected chi connectivity index (χ0v) is 14.0. The number of benzene rings is 1. The monoisotopic (exact) mass is 311 g/mol. The molecule has 4 heteroatoms. The zero-order chi connectivity index (χ0) is 15.2. The van der Waals surface area contributed by atoms with Crippen LogP contribution in [0.25, 0.3) is 0 Å². The van der Waals surface area contributed by atoms with Gasteiger partial charge in [-0.05, 0) is 36.9 Å². The molecule has 0 saturated heterocycles. The molecule has 118 valence electrons. The summed E-state index contributed by atoms with van der Waals surface area (Å²) < 4.78 is 11.5. The highest BCUT2D eigenvalue weighted by Gasteiger charge is 2.20. The molecule has 0 saturated carbocycles. The van der Waals surface area contributed by atoms with Crippen LogP contribution in [0.3, 0.4) is 0 Å². The predicted octanol–water partition coefficient (Wildman–Crippen LogP) is 4.59. The molecule has 1 aliphatic heterocycles. The van der Waals surface area contributed by atoms with Gasteiger partial charge in [-0.25, -0.2) is 0 Å². The molecule has 0 fully saturated rings. The van der Waals surface area contributed by atoms with Gasteiger partial charge in [-0.2, -0.15) is 0 Å². The molecule has 0 aromatic heterocycles. The second kappa shape index (κ2) is 7.90. The average molecular weight is 312 g/mol. The minimum absolute atomic E-state index is 0.259. The Morgan fingerprint density at radius 1 is 1.19 bits per heavy atom. The third-order valence-electron chi connectivity index (χ3n) is 3.59. The molecule has 1 unspecified atom stereocenters. The van der Waals surface area contributed by atoms with Crippen molar-refractivity contribution in [3.05, 3.63) is 22.7 Å². The summed E-state index contributed by atoms with van der Waals surface area (Å²) in [6, 6.07) is 4.21. The SMILES string of the molecule is CCCNC(CC(C)C)c1cc2c(cc1Cl)OCCCO2. The summed E-state index contributed by atoms with van der Waals surface area (Å²) in [5.41, 5.74) is 1.11. The van der Waals surface area contributed by atoms with Gasteiger partial charge in [0.05, 0.1) is 13.2 Å². The fourth-order valence-corrected chi connectivity index (χ4v) is 2.86. The number of fused-ring (bicyclic) bond motifs is 1. The van der Waals surface area contributed by atoms with Crippen LogP contribution in [0, 0.1) is 5.92 Å². The number of hydrogen-bond donors (Lipinski definition) is 1. The average Bonchev–Trinajstić information content (AvgIpc) is 2.67. The number of nitrogens with one attached hydrogen (secondary N) is 1. The van der Waals surface area contributed by atoms with Crippen molar-refractivity contribution in [2.75, 3.05) is 19.8 Å². The van der Waals surface area contributed by atoms with Crippen molar-refractivity contribution in [2.45, 2.75) is 46.1 Å². The summed E-state index contributed by atoms with van der Waals surface area (Å²) in [5.74, 6) is 2.19. The second-order valence-corrected chi connectivity index (χ2v) is 6.41. The maximum atomic E-state index is 6.50. The van der Waals surface area contributed by atoms with Gasteiger partial charge >= 0.3 is 0 Å². The first-order chi connectivity index (χ1) is 10.1. The van der Waals surface area contributed by atoms with E-state index in [1.54, 1.807) is 0 Å². The summed E-state index contributed by atoms with van der Waals surface area (Å²) in [5, 5.41) is 4.36. The molecule has 1 atom stereocenters. The number of rotatable bonds is 6. The molecule has 1 aromatic carbocycles. The third-order valence-corrected chi connectivity index (χ3v) is 3.92. The van der Waals surface area contributed by atoms with Crippen LogP contribution in [-0.2, 0) is 0 Å². The van der Waals surface area contributed by atoms with Gasteiger partial charge in [0.15, 0.2) is 11.5 Å². The summed E-state index contributed by atoms with van der Waals surface area (Å²) in [6.45, 7) is 9.02. The van der Waals surface area contributed by atoms with Gasteiger partial charge in [-0.1, -0.05) is 32.4 Å². The molecule has 1 aromatic rings. The van der Waals surface area contributed by atoms with Crippen LogP contribution in [0.1, 0.15) is 51.6 Å². The number of halogens is 1. The molecule has 0 aliphatic carbocycles. The Balaban J connectivity index is 2.28. The number of ether oxygens (including phenoxy) is 2. The first-order valence-electron chi connectivity index (χ1n) is 7.94. The van der Waals surface area contributed by atoms with Crippen molar-refractivity contribution in [1.82, 2.24) is 5.32 Å². The van der Waals surface area contributed by atoms with Crippen LogP contribution in [0.5, 0.6) is 11.5 Å². The Labute approximate surface area is 133 Å². The molecular weight excluding hydrogens is 286 g/mol. The van der Waals surface area contributed by atoms with Crippen molar-refractivity contribution >= 4 is 11.6 Å². The topological polar surface area (TPSA) is 30.5 Å². The van der Waals surface area contributed by atoms with E-state index < -0.39 is 0 Å². The first-order valence-corrected chi connectivity index (χ1v) is 8.32. The lowest BCUT2D eigenvalue weighted by Crippen LogP contribution is -2.24. The fraction of sp³-hybridized carbons (Fsp3) is 0.647. The van der Waals surface area contributed by atoms with Crippen LogP contribution >= 0.6 is 11.6 Å². The van der Waals surface area contributed by atoms with Crippen LogP contribution < -0.4 is 14.8 Å². The lowest BCUT2D eigenvalue weighted by Gasteiger charge is -2.23. The molecule has 1 N–H and O–H groups in total. The van der Waals surface area contributed by atoms with E-state index in [9.17, 15) is 0 Å². The predicted molar refractivity (Wildman–Crippen MR) is 87.5 cm³/mol. The number of hydrogen-bond acceptors (Lipinski definition) is 3. The van der Waals surface area contributed by atoms with Gasteiger partial charge < -0.3 is 14.8 Å². The van der Waals surface area contributed by atoms with Crippen LogP contribution in [0.15, 0.2) is 12.1 Å². The maximum absolute atomic E-state index is 6.50. The van der Waals surface area contributed by atoms with Crippen molar-refractivity contribution in [2.24, 2.45) is 5.92 Å². The van der Waals surface area contributed by atoms with Crippen molar-refractivity contribution < 1.29 is 9.47 Å². The molecule has 0 spiro atoms. The minimum atomic E-state index is 0.259. The zero-order valence-electron chi connectivity index (χ0n) is 13.2. The Hall–Kier alpha value is -0.930. The highest BCUT2D eigenvalue weighted by molar-refractivity contribution is 6.31. The smallest absolute Gasteiger partial charge is 0.162 e. The van der Waals surface area contributed by atoms with Crippen molar-refractivity contribution in [3.63, 3.8) is 0 Å². The van der Waals surface area contributed by atoms with Gasteiger partial charge in [0.2, 0.25) is 0 Å². The molecular formula is C17H26ClNO2. The summed E-state index contributed by atoms with van der Waals surface area (Å²) in [4.78, 5) is 0. The van der Waals surface area contributed by atoms with Gasteiger partial charge in [-0.3, -0.25) is 0 Å². The standard InChI is InChI=1S/C17H26ClNO2/c1-4-6-19-15(9-12(2)3)13-10-16-17(11-14(13)18)21-8-5-7-20-16/h10-12,15,19H,4-9H2,1-3H3. The van der Waals surface area contributed by atoms with Crippen molar-refractivity contribution in [1.29, 1.82) is 0 Å². The van der Waals surface area contributed by atoms with Crippen LogP contribution in [0.2, 0.25) is 5.02 Å². The molecule has 1 aliphatic rings. The Morgan fingerprint density at radius 2 is 1.86 bits per heavy atom. The highest BCUT2D eigenvalue weighted by Crippen LogP contribution is 2.38.